The van der Waals surface area contributed by atoms with Gasteiger partial charge in [0.15, 0.2) is 0 Å². The van der Waals surface area contributed by atoms with E-state index in [9.17, 15) is 13.6 Å². The van der Waals surface area contributed by atoms with E-state index < -0.39 is 11.6 Å². The second-order valence-electron chi connectivity index (χ2n) is 5.95. The van der Waals surface area contributed by atoms with E-state index in [1.165, 1.54) is 35.5 Å². The van der Waals surface area contributed by atoms with Crippen molar-refractivity contribution in [1.82, 2.24) is 9.97 Å². The molecule has 1 aromatic heterocycles. The van der Waals surface area contributed by atoms with Gasteiger partial charge in [0.25, 0.3) is 0 Å². The second kappa shape index (κ2) is 6.49. The van der Waals surface area contributed by atoms with E-state index >= 15 is 0 Å². The van der Waals surface area contributed by atoms with Gasteiger partial charge in [-0.1, -0.05) is 11.6 Å². The quantitative estimate of drug-likeness (QED) is 0.736. The van der Waals surface area contributed by atoms with Gasteiger partial charge in [0.2, 0.25) is 5.91 Å². The van der Waals surface area contributed by atoms with Crippen molar-refractivity contribution in [2.24, 2.45) is 0 Å². The van der Waals surface area contributed by atoms with Crippen LogP contribution in [0.4, 0.5) is 26.0 Å². The van der Waals surface area contributed by atoms with Crippen LogP contribution in [0.5, 0.6) is 0 Å². The Labute approximate surface area is 152 Å². The number of anilines is 3. The number of carbonyl (C=O) groups excluding carboxylic acids is 1. The number of fused-ring (bicyclic) bond motifs is 1. The summed E-state index contributed by atoms with van der Waals surface area (Å²) < 4.78 is 27.8. The van der Waals surface area contributed by atoms with Crippen molar-refractivity contribution >= 4 is 45.6 Å². The minimum Gasteiger partial charge on any atom is -0.340 e. The van der Waals surface area contributed by atoms with Crippen molar-refractivity contribution in [3.05, 3.63) is 53.3 Å². The highest BCUT2D eigenvalue weighted by atomic mass is 35.5. The molecule has 1 aliphatic rings. The lowest BCUT2D eigenvalue weighted by Crippen LogP contribution is -2.24. The molecule has 0 radical (unpaired) electrons. The number of amides is 1. The Balaban J connectivity index is 1.79. The minimum atomic E-state index is -0.526. The van der Waals surface area contributed by atoms with E-state index in [2.05, 4.69) is 15.3 Å². The second-order valence-corrected chi connectivity index (χ2v) is 6.35. The van der Waals surface area contributed by atoms with Gasteiger partial charge in [0.1, 0.15) is 23.8 Å². The van der Waals surface area contributed by atoms with Gasteiger partial charge in [-0.15, -0.1) is 0 Å². The highest BCUT2D eigenvalue weighted by Crippen LogP contribution is 2.32. The summed E-state index contributed by atoms with van der Waals surface area (Å²) in [4.78, 5) is 21.7. The predicted molar refractivity (Wildman–Crippen MR) is 95.8 cm³/mol. The molecule has 3 aromatic rings. The molecule has 26 heavy (non-hydrogen) atoms. The molecule has 132 valence electrons. The summed E-state index contributed by atoms with van der Waals surface area (Å²) in [6.07, 6.45) is 2.40. The first-order chi connectivity index (χ1) is 12.5. The Morgan fingerprint density at radius 2 is 1.96 bits per heavy atom. The third-order valence-corrected chi connectivity index (χ3v) is 4.54. The topological polar surface area (TPSA) is 58.1 Å². The molecule has 0 spiro atoms. The maximum absolute atomic E-state index is 14.5. The standard InChI is InChI=1S/C18H13ClF2N4O/c19-12-6-10(3-4-13(12)20)24-18-11-7-16(25-5-1-2-17(25)26)14(21)8-15(11)22-9-23-18/h3-4,6-9H,1-2,5H2,(H,22,23,24). The van der Waals surface area contributed by atoms with E-state index in [1.54, 1.807) is 6.07 Å². The zero-order valence-electron chi connectivity index (χ0n) is 13.5. The third-order valence-electron chi connectivity index (χ3n) is 4.25. The van der Waals surface area contributed by atoms with Crippen LogP contribution in [0.3, 0.4) is 0 Å². The number of halogens is 3. The van der Waals surface area contributed by atoms with Gasteiger partial charge in [-0.05, 0) is 30.7 Å². The highest BCUT2D eigenvalue weighted by Gasteiger charge is 2.25. The molecule has 1 N–H and O–H groups in total. The molecule has 1 aliphatic heterocycles. The summed E-state index contributed by atoms with van der Waals surface area (Å²) >= 11 is 5.80. The summed E-state index contributed by atoms with van der Waals surface area (Å²) in [5, 5.41) is 3.56. The monoisotopic (exact) mass is 374 g/mol. The molecular formula is C18H13ClF2N4O. The van der Waals surface area contributed by atoms with Crippen molar-refractivity contribution in [1.29, 1.82) is 0 Å². The Kier molecular flexibility index (Phi) is 4.16. The van der Waals surface area contributed by atoms with Crippen LogP contribution in [-0.2, 0) is 4.79 Å². The van der Waals surface area contributed by atoms with Gasteiger partial charge in [0, 0.05) is 30.1 Å². The summed E-state index contributed by atoms with van der Waals surface area (Å²) in [5.74, 6) is -0.741. The van der Waals surface area contributed by atoms with Crippen LogP contribution in [0.15, 0.2) is 36.7 Å². The third kappa shape index (κ3) is 2.94. The summed E-state index contributed by atoms with van der Waals surface area (Å²) in [5.41, 5.74) is 1.12. The molecule has 0 saturated carbocycles. The van der Waals surface area contributed by atoms with E-state index in [1.807, 2.05) is 0 Å². The van der Waals surface area contributed by atoms with Crippen LogP contribution < -0.4 is 10.2 Å². The van der Waals surface area contributed by atoms with E-state index in [0.717, 1.165) is 0 Å². The molecule has 1 saturated heterocycles. The largest absolute Gasteiger partial charge is 0.340 e. The van der Waals surface area contributed by atoms with E-state index in [0.29, 0.717) is 41.8 Å². The minimum absolute atomic E-state index is 0.0252. The summed E-state index contributed by atoms with van der Waals surface area (Å²) in [6.45, 7) is 0.477. The van der Waals surface area contributed by atoms with Crippen LogP contribution in [0.1, 0.15) is 12.8 Å². The highest BCUT2D eigenvalue weighted by molar-refractivity contribution is 6.31. The number of carbonyl (C=O) groups is 1. The average Bonchev–Trinajstić information content (AvgIpc) is 3.03. The van der Waals surface area contributed by atoms with E-state index in [-0.39, 0.29) is 16.6 Å². The zero-order valence-corrected chi connectivity index (χ0v) is 14.2. The van der Waals surface area contributed by atoms with Gasteiger partial charge in [-0.25, -0.2) is 18.7 Å². The first kappa shape index (κ1) is 16.7. The van der Waals surface area contributed by atoms with Crippen molar-refractivity contribution in [3.8, 4) is 0 Å². The lowest BCUT2D eigenvalue weighted by molar-refractivity contribution is -0.117. The lowest BCUT2D eigenvalue weighted by atomic mass is 10.1. The number of hydrogen-bond donors (Lipinski definition) is 1. The molecule has 2 heterocycles. The van der Waals surface area contributed by atoms with Gasteiger partial charge in [-0.3, -0.25) is 4.79 Å². The maximum atomic E-state index is 14.5. The predicted octanol–water partition coefficient (Wildman–Crippen LogP) is 4.43. The molecule has 2 aromatic carbocycles. The van der Waals surface area contributed by atoms with Crippen molar-refractivity contribution in [3.63, 3.8) is 0 Å². The number of aromatic nitrogens is 2. The number of rotatable bonds is 3. The number of benzene rings is 2. The SMILES string of the molecule is O=C1CCCN1c1cc2c(Nc3ccc(F)c(Cl)c3)ncnc2cc1F. The molecular weight excluding hydrogens is 362 g/mol. The van der Waals surface area contributed by atoms with Gasteiger partial charge in [0.05, 0.1) is 16.2 Å². The lowest BCUT2D eigenvalue weighted by Gasteiger charge is -2.18. The van der Waals surface area contributed by atoms with Crippen LogP contribution >= 0.6 is 11.6 Å². The fraction of sp³-hybridized carbons (Fsp3) is 0.167. The Hall–Kier alpha value is -2.80. The molecule has 0 unspecified atom stereocenters. The first-order valence-corrected chi connectivity index (χ1v) is 8.37. The van der Waals surface area contributed by atoms with E-state index in [4.69, 9.17) is 11.6 Å². The van der Waals surface area contributed by atoms with Crippen LogP contribution in [0, 0.1) is 11.6 Å². The number of hydrogen-bond acceptors (Lipinski definition) is 4. The zero-order chi connectivity index (χ0) is 18.3. The van der Waals surface area contributed by atoms with Crippen LogP contribution in [0.2, 0.25) is 5.02 Å². The normalized spacial score (nSPS) is 14.3. The fourth-order valence-corrected chi connectivity index (χ4v) is 3.17. The molecule has 1 amide bonds. The molecule has 1 fully saturated rings. The van der Waals surface area contributed by atoms with Crippen LogP contribution in [0.25, 0.3) is 10.9 Å². The van der Waals surface area contributed by atoms with Crippen molar-refractivity contribution in [2.75, 3.05) is 16.8 Å². The Bertz CT molecular complexity index is 1030. The molecule has 0 bridgehead atoms. The van der Waals surface area contributed by atoms with Gasteiger partial charge >= 0.3 is 0 Å². The van der Waals surface area contributed by atoms with Gasteiger partial charge < -0.3 is 10.2 Å². The van der Waals surface area contributed by atoms with Crippen LogP contribution in [-0.4, -0.2) is 22.4 Å². The number of nitrogens with one attached hydrogen (secondary N) is 1. The van der Waals surface area contributed by atoms with Gasteiger partial charge in [-0.2, -0.15) is 0 Å². The summed E-state index contributed by atoms with van der Waals surface area (Å²) in [7, 11) is 0. The Morgan fingerprint density at radius 1 is 1.12 bits per heavy atom. The fourth-order valence-electron chi connectivity index (χ4n) is 2.99. The summed E-state index contributed by atoms with van der Waals surface area (Å²) in [6, 6.07) is 7.02. The smallest absolute Gasteiger partial charge is 0.227 e. The molecule has 4 rings (SSSR count). The first-order valence-electron chi connectivity index (χ1n) is 7.99. The van der Waals surface area contributed by atoms with Crippen molar-refractivity contribution in [2.45, 2.75) is 12.8 Å². The Morgan fingerprint density at radius 3 is 2.69 bits per heavy atom. The number of nitrogens with zero attached hydrogens (tertiary/aromatic N) is 3. The van der Waals surface area contributed by atoms with Crippen molar-refractivity contribution < 1.29 is 13.6 Å². The molecule has 5 nitrogen and oxygen atoms in total. The molecule has 0 aliphatic carbocycles. The maximum Gasteiger partial charge on any atom is 0.227 e. The molecule has 8 heteroatoms. The average molecular weight is 375 g/mol. The molecule has 0 atom stereocenters.